The fourth-order valence-electron chi connectivity index (χ4n) is 3.48. The van der Waals surface area contributed by atoms with Gasteiger partial charge in [-0.15, -0.1) is 0 Å². The maximum Gasteiger partial charge on any atom is 0.372 e. The van der Waals surface area contributed by atoms with Gasteiger partial charge in [0, 0.05) is 16.8 Å². The Morgan fingerprint density at radius 3 is 2.17 bits per heavy atom. The van der Waals surface area contributed by atoms with Gasteiger partial charge in [0.15, 0.2) is 0 Å². The van der Waals surface area contributed by atoms with Crippen molar-refractivity contribution in [3.05, 3.63) is 72.3 Å². The first-order valence-electron chi connectivity index (χ1n) is 8.56. The average Bonchev–Trinajstić information content (AvgIpc) is 2.61. The molecule has 0 aliphatic carbocycles. The number of benzene rings is 3. The second kappa shape index (κ2) is 6.58. The first kappa shape index (κ1) is 15.1. The topological polar surface area (TPSA) is 44.3 Å². The molecule has 0 spiro atoms. The zero-order valence-electron chi connectivity index (χ0n) is 13.6. The van der Waals surface area contributed by atoms with E-state index in [0.29, 0.717) is 6.32 Å². The van der Waals surface area contributed by atoms with Crippen molar-refractivity contribution in [1.29, 1.82) is 0 Å². The van der Waals surface area contributed by atoms with Crippen LogP contribution in [0.4, 0.5) is 11.4 Å². The lowest BCUT2D eigenvalue weighted by Crippen LogP contribution is -2.40. The molecule has 4 rings (SSSR count). The zero-order chi connectivity index (χ0) is 16.4. The number of aliphatic hydroxyl groups excluding tert-OH is 1. The molecule has 3 aromatic carbocycles. The van der Waals surface area contributed by atoms with E-state index in [2.05, 4.69) is 59.0 Å². The predicted molar refractivity (Wildman–Crippen MR) is 103 cm³/mol. The van der Waals surface area contributed by atoms with Gasteiger partial charge in [0.25, 0.3) is 0 Å². The highest BCUT2D eigenvalue weighted by Crippen LogP contribution is 2.34. The summed E-state index contributed by atoms with van der Waals surface area (Å²) in [7, 11) is 0. The van der Waals surface area contributed by atoms with E-state index >= 15 is 0 Å². The second-order valence-electron chi connectivity index (χ2n) is 6.46. The highest BCUT2D eigenvalue weighted by Gasteiger charge is 2.25. The Hall–Kier alpha value is -2.46. The lowest BCUT2D eigenvalue weighted by atomic mass is 9.67. The molecule has 24 heavy (non-hydrogen) atoms. The van der Waals surface area contributed by atoms with Gasteiger partial charge in [-0.25, -0.2) is 0 Å². The van der Waals surface area contributed by atoms with E-state index in [9.17, 15) is 5.11 Å². The zero-order valence-corrected chi connectivity index (χ0v) is 13.6. The second-order valence-corrected chi connectivity index (χ2v) is 6.46. The Morgan fingerprint density at radius 2 is 1.50 bits per heavy atom. The van der Waals surface area contributed by atoms with Gasteiger partial charge in [-0.05, 0) is 42.2 Å². The number of aryl methyl sites for hydroxylation is 1. The van der Waals surface area contributed by atoms with Crippen LogP contribution >= 0.6 is 0 Å². The van der Waals surface area contributed by atoms with Crippen LogP contribution in [0.15, 0.2) is 66.7 Å². The summed E-state index contributed by atoms with van der Waals surface area (Å²) in [6.45, 7) is 0.0521. The Bertz CT molecular complexity index is 797. The van der Waals surface area contributed by atoms with Gasteiger partial charge < -0.3 is 15.6 Å². The standard InChI is InChI=1S/C20H21BN2O/c24-17(13-12-15-6-2-1-3-7-15)14-21-22-18-10-4-8-16-9-5-11-19(23-21)20(16)18/h1-11,17,22-24H,12-14H2. The van der Waals surface area contributed by atoms with E-state index in [-0.39, 0.29) is 13.1 Å². The molecule has 0 bridgehead atoms. The van der Waals surface area contributed by atoms with Crippen LogP contribution in [0.2, 0.25) is 6.32 Å². The molecular formula is C20H21BN2O. The van der Waals surface area contributed by atoms with Crippen LogP contribution in [0, 0.1) is 0 Å². The number of aliphatic hydroxyl groups is 1. The molecule has 0 saturated carbocycles. The summed E-state index contributed by atoms with van der Waals surface area (Å²) in [5.74, 6) is 0. The van der Waals surface area contributed by atoms with E-state index in [4.69, 9.17) is 0 Å². The molecule has 0 fully saturated rings. The van der Waals surface area contributed by atoms with Crippen LogP contribution in [0.5, 0.6) is 0 Å². The van der Waals surface area contributed by atoms with Gasteiger partial charge in [-0.2, -0.15) is 0 Å². The number of anilines is 2. The molecule has 120 valence electrons. The van der Waals surface area contributed by atoms with Crippen molar-refractivity contribution in [1.82, 2.24) is 0 Å². The quantitative estimate of drug-likeness (QED) is 0.619. The highest BCUT2D eigenvalue weighted by molar-refractivity contribution is 6.68. The number of hydrogen-bond donors (Lipinski definition) is 3. The van der Waals surface area contributed by atoms with Gasteiger partial charge in [-0.3, -0.25) is 0 Å². The van der Waals surface area contributed by atoms with Crippen molar-refractivity contribution in [2.45, 2.75) is 25.3 Å². The molecule has 1 heterocycles. The van der Waals surface area contributed by atoms with Gasteiger partial charge in [-0.1, -0.05) is 54.6 Å². The molecule has 0 saturated heterocycles. The van der Waals surface area contributed by atoms with Crippen LogP contribution in [-0.4, -0.2) is 18.2 Å². The van der Waals surface area contributed by atoms with Crippen molar-refractivity contribution < 1.29 is 5.11 Å². The summed E-state index contributed by atoms with van der Waals surface area (Å²) < 4.78 is 0. The van der Waals surface area contributed by atoms with Crippen molar-refractivity contribution in [3.8, 4) is 0 Å². The number of rotatable bonds is 5. The normalized spacial score (nSPS) is 14.1. The molecule has 1 aliphatic rings. The van der Waals surface area contributed by atoms with Crippen molar-refractivity contribution in [2.75, 3.05) is 10.5 Å². The minimum Gasteiger partial charge on any atom is -0.409 e. The largest absolute Gasteiger partial charge is 0.409 e. The molecule has 3 nitrogen and oxygen atoms in total. The van der Waals surface area contributed by atoms with E-state index < -0.39 is 0 Å². The Kier molecular flexibility index (Phi) is 4.14. The van der Waals surface area contributed by atoms with Crippen LogP contribution in [0.25, 0.3) is 10.8 Å². The van der Waals surface area contributed by atoms with E-state index in [0.717, 1.165) is 24.2 Å². The van der Waals surface area contributed by atoms with Crippen LogP contribution in [-0.2, 0) is 6.42 Å². The summed E-state index contributed by atoms with van der Waals surface area (Å²) in [5, 5.41) is 19.9. The van der Waals surface area contributed by atoms with Crippen molar-refractivity contribution >= 4 is 29.1 Å². The molecule has 0 aromatic heterocycles. The molecule has 0 radical (unpaired) electrons. The first-order valence-corrected chi connectivity index (χ1v) is 8.56. The summed E-state index contributed by atoms with van der Waals surface area (Å²) in [6.07, 6.45) is 2.02. The first-order chi connectivity index (χ1) is 11.8. The molecule has 3 aromatic rings. The lowest BCUT2D eigenvalue weighted by molar-refractivity contribution is 0.184. The van der Waals surface area contributed by atoms with Gasteiger partial charge >= 0.3 is 6.98 Å². The summed E-state index contributed by atoms with van der Waals surface area (Å²) in [5.41, 5.74) is 3.56. The fourth-order valence-corrected chi connectivity index (χ4v) is 3.48. The van der Waals surface area contributed by atoms with E-state index in [1.807, 2.05) is 18.2 Å². The third-order valence-electron chi connectivity index (χ3n) is 4.68. The molecule has 3 N–H and O–H groups in total. The fraction of sp³-hybridized carbons (Fsp3) is 0.200. The summed E-state index contributed by atoms with van der Waals surface area (Å²) >= 11 is 0. The minimum atomic E-state index is -0.334. The van der Waals surface area contributed by atoms with Crippen molar-refractivity contribution in [2.24, 2.45) is 0 Å². The maximum atomic E-state index is 10.4. The van der Waals surface area contributed by atoms with E-state index in [1.54, 1.807) is 0 Å². The third-order valence-corrected chi connectivity index (χ3v) is 4.68. The molecule has 0 amide bonds. The number of nitrogens with one attached hydrogen (secondary N) is 2. The smallest absolute Gasteiger partial charge is 0.372 e. The van der Waals surface area contributed by atoms with Crippen LogP contribution < -0.4 is 10.5 Å². The summed E-state index contributed by atoms with van der Waals surface area (Å²) in [4.78, 5) is 0. The summed E-state index contributed by atoms with van der Waals surface area (Å²) in [6, 6.07) is 22.9. The average molecular weight is 316 g/mol. The van der Waals surface area contributed by atoms with Gasteiger partial charge in [0.05, 0.1) is 6.10 Å². The van der Waals surface area contributed by atoms with Gasteiger partial charge in [0.1, 0.15) is 0 Å². The Balaban J connectivity index is 1.41. The van der Waals surface area contributed by atoms with E-state index in [1.165, 1.54) is 16.3 Å². The monoisotopic (exact) mass is 316 g/mol. The molecule has 1 unspecified atom stereocenters. The lowest BCUT2D eigenvalue weighted by Gasteiger charge is -2.28. The third kappa shape index (κ3) is 3.10. The minimum absolute atomic E-state index is 0.0521. The Labute approximate surface area is 142 Å². The molecule has 1 atom stereocenters. The predicted octanol–water partition coefficient (Wildman–Crippen LogP) is 4.16. The SMILES string of the molecule is OC(CCc1ccccc1)CB1Nc2cccc3cccc(c23)N1. The molecule has 4 heteroatoms. The van der Waals surface area contributed by atoms with Crippen molar-refractivity contribution in [3.63, 3.8) is 0 Å². The molecule has 1 aliphatic heterocycles. The Morgan fingerprint density at radius 1 is 0.833 bits per heavy atom. The van der Waals surface area contributed by atoms with Gasteiger partial charge in [0.2, 0.25) is 0 Å². The van der Waals surface area contributed by atoms with Crippen LogP contribution in [0.3, 0.4) is 0 Å². The van der Waals surface area contributed by atoms with Crippen LogP contribution in [0.1, 0.15) is 12.0 Å². The maximum absolute atomic E-state index is 10.4. The highest BCUT2D eigenvalue weighted by atomic mass is 16.3. The number of hydrogen-bond acceptors (Lipinski definition) is 3. The molecular weight excluding hydrogens is 295 g/mol.